The van der Waals surface area contributed by atoms with Crippen molar-refractivity contribution in [1.29, 1.82) is 0 Å². The topological polar surface area (TPSA) is 47.2 Å². The first-order chi connectivity index (χ1) is 14.0. The molecule has 0 saturated carbocycles. The summed E-state index contributed by atoms with van der Waals surface area (Å²) in [7, 11) is 0. The van der Waals surface area contributed by atoms with E-state index in [9.17, 15) is 0 Å². The summed E-state index contributed by atoms with van der Waals surface area (Å²) in [5.41, 5.74) is 7.31. The van der Waals surface area contributed by atoms with Gasteiger partial charge >= 0.3 is 0 Å². The molecule has 4 rings (SSSR count). The maximum atomic E-state index is 6.72. The molecule has 0 saturated heterocycles. The summed E-state index contributed by atoms with van der Waals surface area (Å²) >= 11 is 6.72. The van der Waals surface area contributed by atoms with Crippen LogP contribution in [-0.4, -0.2) is 25.0 Å². The summed E-state index contributed by atoms with van der Waals surface area (Å²) in [6, 6.07) is 8.73. The second-order valence-corrected chi connectivity index (χ2v) is 8.17. The molecule has 0 radical (unpaired) electrons. The van der Waals surface area contributed by atoms with Crippen LogP contribution < -0.4 is 5.32 Å². The predicted octanol–water partition coefficient (Wildman–Crippen LogP) is 5.53. The predicted molar refractivity (Wildman–Crippen MR) is 120 cm³/mol. The zero-order chi connectivity index (χ0) is 20.7. The molecule has 3 aromatic heterocycles. The number of rotatable bonds is 6. The molecule has 0 fully saturated rings. The summed E-state index contributed by atoms with van der Waals surface area (Å²) < 4.78 is 4.32. The van der Waals surface area contributed by atoms with Crippen LogP contribution in [0.1, 0.15) is 49.2 Å². The van der Waals surface area contributed by atoms with Gasteiger partial charge in [-0.05, 0) is 62.9 Å². The Hall–Kier alpha value is -2.37. The van der Waals surface area contributed by atoms with Crippen molar-refractivity contribution in [3.63, 3.8) is 0 Å². The molecule has 0 aliphatic heterocycles. The molecule has 152 valence electrons. The number of imidazole rings is 2. The summed E-state index contributed by atoms with van der Waals surface area (Å²) in [4.78, 5) is 9.64. The van der Waals surface area contributed by atoms with Crippen molar-refractivity contribution in [2.75, 3.05) is 0 Å². The van der Waals surface area contributed by atoms with Crippen LogP contribution >= 0.6 is 11.6 Å². The number of nitrogens with zero attached hydrogens (tertiary/aromatic N) is 4. The Morgan fingerprint density at radius 3 is 2.59 bits per heavy atom. The minimum Gasteiger partial charge on any atom is -0.308 e. The number of nitrogens with one attached hydrogen (secondary N) is 1. The lowest BCUT2D eigenvalue weighted by Crippen LogP contribution is -2.27. The van der Waals surface area contributed by atoms with Crippen molar-refractivity contribution in [3.8, 4) is 5.69 Å². The molecule has 1 aromatic carbocycles. The second-order valence-electron chi connectivity index (χ2n) is 7.77. The van der Waals surface area contributed by atoms with Gasteiger partial charge in [0.15, 0.2) is 5.65 Å². The molecule has 0 aliphatic carbocycles. The molecule has 4 aromatic rings. The molecule has 0 atom stereocenters. The van der Waals surface area contributed by atoms with E-state index < -0.39 is 0 Å². The minimum absolute atomic E-state index is 0.500. The minimum atomic E-state index is 0.500. The van der Waals surface area contributed by atoms with Crippen molar-refractivity contribution < 1.29 is 0 Å². The second kappa shape index (κ2) is 7.81. The lowest BCUT2D eigenvalue weighted by Gasteiger charge is -2.14. The zero-order valence-corrected chi connectivity index (χ0v) is 18.5. The third kappa shape index (κ3) is 3.32. The summed E-state index contributed by atoms with van der Waals surface area (Å²) in [6.07, 6.45) is 4.04. The van der Waals surface area contributed by atoms with Crippen molar-refractivity contribution in [2.24, 2.45) is 0 Å². The van der Waals surface area contributed by atoms with Crippen LogP contribution in [0.3, 0.4) is 0 Å². The SMILES string of the molecule is CCC(CC)NCc1c(C)nc2n(-c3c(C)cc(C)cc3Cl)c3ncccc3n12. The van der Waals surface area contributed by atoms with Gasteiger partial charge in [-0.3, -0.25) is 8.97 Å². The monoisotopic (exact) mass is 409 g/mol. The quantitative estimate of drug-likeness (QED) is 0.455. The Kier molecular flexibility index (Phi) is 5.36. The molecule has 0 amide bonds. The lowest BCUT2D eigenvalue weighted by atomic mass is 10.1. The number of fused-ring (bicyclic) bond motifs is 3. The number of aryl methyl sites for hydroxylation is 3. The van der Waals surface area contributed by atoms with E-state index in [-0.39, 0.29) is 0 Å². The number of aromatic nitrogens is 4. The molecule has 1 N–H and O–H groups in total. The van der Waals surface area contributed by atoms with Gasteiger partial charge in [-0.1, -0.05) is 31.5 Å². The number of hydrogen-bond acceptors (Lipinski definition) is 3. The molecule has 0 bridgehead atoms. The van der Waals surface area contributed by atoms with Gasteiger partial charge < -0.3 is 5.32 Å². The fourth-order valence-corrected chi connectivity index (χ4v) is 4.61. The molecule has 29 heavy (non-hydrogen) atoms. The Morgan fingerprint density at radius 1 is 1.14 bits per heavy atom. The first-order valence-electron chi connectivity index (χ1n) is 10.3. The number of pyridine rings is 1. The van der Waals surface area contributed by atoms with Gasteiger partial charge in [0.05, 0.1) is 27.6 Å². The van der Waals surface area contributed by atoms with Crippen molar-refractivity contribution in [1.82, 2.24) is 24.3 Å². The van der Waals surface area contributed by atoms with E-state index in [1.54, 1.807) is 0 Å². The Bertz CT molecular complexity index is 1160. The lowest BCUT2D eigenvalue weighted by molar-refractivity contribution is 0.479. The molecule has 0 unspecified atom stereocenters. The fourth-order valence-electron chi connectivity index (χ4n) is 4.20. The molecule has 5 nitrogen and oxygen atoms in total. The van der Waals surface area contributed by atoms with E-state index in [2.05, 4.69) is 61.0 Å². The standard InChI is InChI=1S/C23H28ClN5/c1-6-17(7-2)26-13-20-16(5)27-23-28(20)19-9-8-10-25-22(19)29(23)21-15(4)11-14(3)12-18(21)24/h8-12,17,26H,6-7,13H2,1-5H3. The van der Waals surface area contributed by atoms with Gasteiger partial charge in [-0.25, -0.2) is 9.97 Å². The molecule has 6 heteroatoms. The van der Waals surface area contributed by atoms with Crippen molar-refractivity contribution in [3.05, 3.63) is 58.0 Å². The molecule has 0 aliphatic rings. The van der Waals surface area contributed by atoms with Crippen molar-refractivity contribution >= 4 is 28.5 Å². The Balaban J connectivity index is 1.98. The van der Waals surface area contributed by atoms with E-state index in [4.69, 9.17) is 21.6 Å². The van der Waals surface area contributed by atoms with Crippen LogP contribution in [0.4, 0.5) is 0 Å². The zero-order valence-electron chi connectivity index (χ0n) is 17.8. The fraction of sp³-hybridized carbons (Fsp3) is 0.391. The van der Waals surface area contributed by atoms with Gasteiger partial charge in [0.2, 0.25) is 5.78 Å². The van der Waals surface area contributed by atoms with Gasteiger partial charge in [0.25, 0.3) is 0 Å². The highest BCUT2D eigenvalue weighted by Crippen LogP contribution is 2.32. The van der Waals surface area contributed by atoms with Gasteiger partial charge in [0, 0.05) is 18.8 Å². The molecular weight excluding hydrogens is 382 g/mol. The van der Waals surface area contributed by atoms with E-state index in [0.29, 0.717) is 11.1 Å². The molecule has 0 spiro atoms. The first-order valence-corrected chi connectivity index (χ1v) is 10.7. The van der Waals surface area contributed by atoms with E-state index in [1.807, 2.05) is 18.3 Å². The number of benzene rings is 1. The highest BCUT2D eigenvalue weighted by Gasteiger charge is 2.22. The maximum absolute atomic E-state index is 6.72. The smallest absolute Gasteiger partial charge is 0.221 e. The van der Waals surface area contributed by atoms with Crippen LogP contribution in [0.2, 0.25) is 5.02 Å². The summed E-state index contributed by atoms with van der Waals surface area (Å²) in [5.74, 6) is 0.853. The van der Waals surface area contributed by atoms with Gasteiger partial charge in [-0.15, -0.1) is 0 Å². The highest BCUT2D eigenvalue weighted by atomic mass is 35.5. The van der Waals surface area contributed by atoms with Gasteiger partial charge in [-0.2, -0.15) is 0 Å². The van der Waals surface area contributed by atoms with Crippen LogP contribution in [0.25, 0.3) is 22.6 Å². The normalized spacial score (nSPS) is 12.0. The average Bonchev–Trinajstić information content (AvgIpc) is 3.16. The highest BCUT2D eigenvalue weighted by molar-refractivity contribution is 6.32. The maximum Gasteiger partial charge on any atom is 0.221 e. The summed E-state index contributed by atoms with van der Waals surface area (Å²) in [5, 5.41) is 4.39. The summed E-state index contributed by atoms with van der Waals surface area (Å²) in [6.45, 7) is 11.4. The van der Waals surface area contributed by atoms with Crippen LogP contribution in [-0.2, 0) is 6.54 Å². The molecule has 3 heterocycles. The average molecular weight is 410 g/mol. The van der Waals surface area contributed by atoms with Crippen molar-refractivity contribution in [2.45, 2.75) is 60.0 Å². The van der Waals surface area contributed by atoms with Crippen LogP contribution in [0.15, 0.2) is 30.5 Å². The van der Waals surface area contributed by atoms with Crippen LogP contribution in [0.5, 0.6) is 0 Å². The largest absolute Gasteiger partial charge is 0.308 e. The first kappa shape index (κ1) is 19.9. The van der Waals surface area contributed by atoms with E-state index in [1.165, 1.54) is 5.69 Å². The number of hydrogen-bond donors (Lipinski definition) is 1. The molecular formula is C23H28ClN5. The third-order valence-corrected chi connectivity index (χ3v) is 6.03. The van der Waals surface area contributed by atoms with E-state index >= 15 is 0 Å². The Labute approximate surface area is 176 Å². The third-order valence-electron chi connectivity index (χ3n) is 5.74. The Morgan fingerprint density at radius 2 is 1.90 bits per heavy atom. The number of halogens is 1. The van der Waals surface area contributed by atoms with E-state index in [0.717, 1.165) is 58.8 Å². The van der Waals surface area contributed by atoms with Crippen LogP contribution in [0, 0.1) is 20.8 Å². The van der Waals surface area contributed by atoms with Gasteiger partial charge in [0.1, 0.15) is 0 Å².